The van der Waals surface area contributed by atoms with Gasteiger partial charge in [-0.1, -0.05) is 6.92 Å². The summed E-state index contributed by atoms with van der Waals surface area (Å²) < 4.78 is 10.8. The lowest BCUT2D eigenvalue weighted by Gasteiger charge is -2.34. The molecule has 1 N–H and O–H groups in total. The van der Waals surface area contributed by atoms with Crippen LogP contribution < -0.4 is 5.32 Å². The highest BCUT2D eigenvalue weighted by atomic mass is 16.5. The van der Waals surface area contributed by atoms with Crippen molar-refractivity contribution in [1.82, 2.24) is 5.32 Å². The molecule has 0 aromatic carbocycles. The van der Waals surface area contributed by atoms with E-state index in [1.165, 1.54) is 12.8 Å². The van der Waals surface area contributed by atoms with Crippen molar-refractivity contribution in [2.75, 3.05) is 33.0 Å². The number of nitrogens with one attached hydrogen (secondary N) is 1. The number of rotatable bonds is 6. The van der Waals surface area contributed by atoms with E-state index in [0.717, 1.165) is 33.0 Å². The van der Waals surface area contributed by atoms with Crippen LogP contribution >= 0.6 is 0 Å². The van der Waals surface area contributed by atoms with E-state index in [-0.39, 0.29) is 0 Å². The van der Waals surface area contributed by atoms with E-state index in [4.69, 9.17) is 9.47 Å². The van der Waals surface area contributed by atoms with Crippen molar-refractivity contribution >= 4 is 0 Å². The van der Waals surface area contributed by atoms with E-state index < -0.39 is 0 Å². The van der Waals surface area contributed by atoms with Gasteiger partial charge in [0.1, 0.15) is 0 Å². The molecule has 1 atom stereocenters. The Balaban J connectivity index is 2.16. The minimum Gasteiger partial charge on any atom is -0.381 e. The Bertz CT molecular complexity index is 167. The first-order valence-corrected chi connectivity index (χ1v) is 6.05. The van der Waals surface area contributed by atoms with Crippen LogP contribution in [0.2, 0.25) is 0 Å². The van der Waals surface area contributed by atoms with Crippen molar-refractivity contribution in [3.8, 4) is 0 Å². The van der Waals surface area contributed by atoms with Gasteiger partial charge < -0.3 is 14.8 Å². The molecule has 1 saturated heterocycles. The molecule has 3 heteroatoms. The topological polar surface area (TPSA) is 30.5 Å². The number of hydrogen-bond donors (Lipinski definition) is 1. The van der Waals surface area contributed by atoms with Gasteiger partial charge in [-0.2, -0.15) is 0 Å². The van der Waals surface area contributed by atoms with Crippen LogP contribution in [-0.2, 0) is 9.47 Å². The van der Waals surface area contributed by atoms with Crippen LogP contribution in [0.25, 0.3) is 0 Å². The molecule has 0 spiro atoms. The first kappa shape index (κ1) is 12.9. The molecule has 1 unspecified atom stereocenters. The lowest BCUT2D eigenvalue weighted by molar-refractivity contribution is 0.0211. The van der Waals surface area contributed by atoms with Crippen molar-refractivity contribution in [2.24, 2.45) is 5.41 Å². The minimum absolute atomic E-state index is 0.415. The van der Waals surface area contributed by atoms with Gasteiger partial charge >= 0.3 is 0 Å². The standard InChI is InChI=1S/C12H25NO2/c1-4-14-9-11(2)13-10-12(3)5-7-15-8-6-12/h11,13H,4-10H2,1-3H3. The van der Waals surface area contributed by atoms with Crippen LogP contribution in [0.3, 0.4) is 0 Å². The van der Waals surface area contributed by atoms with Crippen LogP contribution in [0.15, 0.2) is 0 Å². The van der Waals surface area contributed by atoms with Gasteiger partial charge in [0.05, 0.1) is 6.61 Å². The second-order valence-corrected chi connectivity index (χ2v) is 4.86. The Labute approximate surface area is 93.5 Å². The quantitative estimate of drug-likeness (QED) is 0.733. The van der Waals surface area contributed by atoms with Crippen LogP contribution in [0.4, 0.5) is 0 Å². The van der Waals surface area contributed by atoms with Crippen LogP contribution in [0.1, 0.15) is 33.6 Å². The SMILES string of the molecule is CCOCC(C)NCC1(C)CCOCC1. The number of hydrogen-bond acceptors (Lipinski definition) is 3. The molecule has 3 nitrogen and oxygen atoms in total. The average Bonchev–Trinajstić information content (AvgIpc) is 2.25. The summed E-state index contributed by atoms with van der Waals surface area (Å²) >= 11 is 0. The Kier molecular flexibility index (Phi) is 5.58. The third-order valence-electron chi connectivity index (χ3n) is 3.15. The molecular formula is C12H25NO2. The smallest absolute Gasteiger partial charge is 0.0616 e. The predicted molar refractivity (Wildman–Crippen MR) is 62.1 cm³/mol. The van der Waals surface area contributed by atoms with Gasteiger partial charge in [-0.3, -0.25) is 0 Å². The van der Waals surface area contributed by atoms with Gasteiger partial charge in [0, 0.05) is 32.4 Å². The molecule has 0 bridgehead atoms. The summed E-state index contributed by atoms with van der Waals surface area (Å²) in [5, 5.41) is 3.55. The second kappa shape index (κ2) is 6.46. The molecule has 0 radical (unpaired) electrons. The summed E-state index contributed by atoms with van der Waals surface area (Å²) in [5.41, 5.74) is 0.415. The molecule has 15 heavy (non-hydrogen) atoms. The van der Waals surface area contributed by atoms with Crippen LogP contribution in [0.5, 0.6) is 0 Å². The Morgan fingerprint density at radius 2 is 2.07 bits per heavy atom. The third-order valence-corrected chi connectivity index (χ3v) is 3.15. The van der Waals surface area contributed by atoms with Gasteiger partial charge in [0.25, 0.3) is 0 Å². The molecule has 0 saturated carbocycles. The highest BCUT2D eigenvalue weighted by Crippen LogP contribution is 2.28. The molecule has 0 aliphatic carbocycles. The summed E-state index contributed by atoms with van der Waals surface area (Å²) in [6.07, 6.45) is 2.34. The first-order valence-electron chi connectivity index (χ1n) is 6.05. The maximum Gasteiger partial charge on any atom is 0.0616 e. The van der Waals surface area contributed by atoms with Crippen molar-refractivity contribution in [3.63, 3.8) is 0 Å². The zero-order chi connectivity index (χ0) is 11.1. The predicted octanol–water partition coefficient (Wildman–Crippen LogP) is 1.82. The van der Waals surface area contributed by atoms with Gasteiger partial charge in [-0.05, 0) is 32.1 Å². The third kappa shape index (κ3) is 4.96. The Hall–Kier alpha value is -0.120. The largest absolute Gasteiger partial charge is 0.381 e. The van der Waals surface area contributed by atoms with E-state index in [2.05, 4.69) is 19.2 Å². The Morgan fingerprint density at radius 3 is 2.67 bits per heavy atom. The fraction of sp³-hybridized carbons (Fsp3) is 1.00. The molecule has 1 aliphatic rings. The highest BCUT2D eigenvalue weighted by Gasteiger charge is 2.27. The summed E-state index contributed by atoms with van der Waals surface area (Å²) in [6.45, 7) is 11.1. The van der Waals surface area contributed by atoms with E-state index in [1.54, 1.807) is 0 Å². The van der Waals surface area contributed by atoms with Crippen LogP contribution in [0, 0.1) is 5.41 Å². The summed E-state index contributed by atoms with van der Waals surface area (Å²) in [4.78, 5) is 0. The zero-order valence-electron chi connectivity index (χ0n) is 10.3. The van der Waals surface area contributed by atoms with Gasteiger partial charge in [0.2, 0.25) is 0 Å². The van der Waals surface area contributed by atoms with Gasteiger partial charge in [0.15, 0.2) is 0 Å². The van der Waals surface area contributed by atoms with Gasteiger partial charge in [-0.15, -0.1) is 0 Å². The normalized spacial score (nSPS) is 22.6. The van der Waals surface area contributed by atoms with Crippen molar-refractivity contribution < 1.29 is 9.47 Å². The molecule has 1 rings (SSSR count). The molecule has 90 valence electrons. The summed E-state index contributed by atoms with van der Waals surface area (Å²) in [7, 11) is 0. The second-order valence-electron chi connectivity index (χ2n) is 4.86. The first-order chi connectivity index (χ1) is 7.16. The molecule has 1 heterocycles. The minimum atomic E-state index is 0.415. The van der Waals surface area contributed by atoms with E-state index in [1.807, 2.05) is 6.92 Å². The van der Waals surface area contributed by atoms with Crippen LogP contribution in [-0.4, -0.2) is 39.0 Å². The fourth-order valence-corrected chi connectivity index (χ4v) is 1.82. The lowest BCUT2D eigenvalue weighted by atomic mass is 9.82. The van der Waals surface area contributed by atoms with Crippen molar-refractivity contribution in [3.05, 3.63) is 0 Å². The zero-order valence-corrected chi connectivity index (χ0v) is 10.3. The maximum atomic E-state index is 5.38. The fourth-order valence-electron chi connectivity index (χ4n) is 1.82. The van der Waals surface area contributed by atoms with Crippen molar-refractivity contribution in [2.45, 2.75) is 39.7 Å². The van der Waals surface area contributed by atoms with E-state index >= 15 is 0 Å². The van der Waals surface area contributed by atoms with Gasteiger partial charge in [-0.25, -0.2) is 0 Å². The monoisotopic (exact) mass is 215 g/mol. The molecular weight excluding hydrogens is 190 g/mol. The summed E-state index contributed by atoms with van der Waals surface area (Å²) in [5.74, 6) is 0. The summed E-state index contributed by atoms with van der Waals surface area (Å²) in [6, 6.07) is 0.449. The van der Waals surface area contributed by atoms with Crippen molar-refractivity contribution in [1.29, 1.82) is 0 Å². The molecule has 0 amide bonds. The Morgan fingerprint density at radius 1 is 1.40 bits per heavy atom. The van der Waals surface area contributed by atoms with E-state index in [0.29, 0.717) is 11.5 Å². The molecule has 1 fully saturated rings. The number of ether oxygens (including phenoxy) is 2. The molecule has 0 aromatic rings. The maximum absolute atomic E-state index is 5.38. The lowest BCUT2D eigenvalue weighted by Crippen LogP contribution is -2.41. The highest BCUT2D eigenvalue weighted by molar-refractivity contribution is 4.80. The molecule has 0 aromatic heterocycles. The molecule has 1 aliphatic heterocycles. The average molecular weight is 215 g/mol. The van der Waals surface area contributed by atoms with E-state index in [9.17, 15) is 0 Å².